The van der Waals surface area contributed by atoms with Crippen molar-refractivity contribution in [1.82, 2.24) is 4.98 Å². The molecule has 0 bridgehead atoms. The van der Waals surface area contributed by atoms with Crippen LogP contribution in [0.5, 0.6) is 0 Å². The van der Waals surface area contributed by atoms with Crippen molar-refractivity contribution >= 4 is 23.4 Å². The molecule has 0 atom stereocenters. The van der Waals surface area contributed by atoms with Crippen molar-refractivity contribution in [3.63, 3.8) is 0 Å². The predicted molar refractivity (Wildman–Crippen MR) is 62.1 cm³/mol. The highest BCUT2D eigenvalue weighted by Gasteiger charge is 2.33. The van der Waals surface area contributed by atoms with Crippen LogP contribution in [0, 0.1) is 0 Å². The molecule has 0 saturated heterocycles. The van der Waals surface area contributed by atoms with E-state index in [0.29, 0.717) is 11.0 Å². The van der Waals surface area contributed by atoms with E-state index in [1.165, 1.54) is 12.1 Å². The van der Waals surface area contributed by atoms with Gasteiger partial charge in [-0.2, -0.15) is 0 Å². The fourth-order valence-electron chi connectivity index (χ4n) is 1.82. The van der Waals surface area contributed by atoms with E-state index < -0.39 is 5.97 Å². The molecule has 0 radical (unpaired) electrons. The van der Waals surface area contributed by atoms with Gasteiger partial charge < -0.3 is 10.4 Å². The number of nitrogens with zero attached hydrogens (tertiary/aromatic N) is 1. The monoisotopic (exact) mass is 240 g/mol. The lowest BCUT2D eigenvalue weighted by molar-refractivity contribution is 0.0697. The highest BCUT2D eigenvalue weighted by atomic mass is 35.5. The Morgan fingerprint density at radius 1 is 1.56 bits per heavy atom. The lowest BCUT2D eigenvalue weighted by atomic mass is 9.78. The molecule has 16 heavy (non-hydrogen) atoms. The fraction of sp³-hybridized carbons (Fsp3) is 0.455. The van der Waals surface area contributed by atoms with E-state index in [0.717, 1.165) is 19.3 Å². The predicted octanol–water partition coefficient (Wildman–Crippen LogP) is 2.79. The Hall–Kier alpha value is -1.29. The lowest BCUT2D eigenvalue weighted by Gasteiger charge is -2.39. The van der Waals surface area contributed by atoms with E-state index in [1.54, 1.807) is 0 Å². The largest absolute Gasteiger partial charge is 0.478 e. The Balaban J connectivity index is 2.30. The molecule has 4 nitrogen and oxygen atoms in total. The molecule has 2 N–H and O–H groups in total. The normalized spacial score (nSPS) is 17.6. The quantitative estimate of drug-likeness (QED) is 0.798. The van der Waals surface area contributed by atoms with Crippen LogP contribution < -0.4 is 5.32 Å². The first-order chi connectivity index (χ1) is 7.50. The number of nitrogens with one attached hydrogen (secondary N) is 1. The molecule has 0 amide bonds. The molecule has 2 rings (SSSR count). The number of carboxylic acids is 1. The third-order valence-electron chi connectivity index (χ3n) is 2.97. The van der Waals surface area contributed by atoms with E-state index in [1.807, 2.05) is 0 Å². The van der Waals surface area contributed by atoms with Gasteiger partial charge >= 0.3 is 5.97 Å². The zero-order chi connectivity index (χ0) is 11.8. The molecule has 1 aromatic rings. The van der Waals surface area contributed by atoms with Crippen molar-refractivity contribution in [2.24, 2.45) is 0 Å². The number of pyridine rings is 1. The van der Waals surface area contributed by atoms with Crippen LogP contribution in [0.3, 0.4) is 0 Å². The zero-order valence-electron chi connectivity index (χ0n) is 8.96. The zero-order valence-corrected chi connectivity index (χ0v) is 9.71. The molecule has 1 heterocycles. The minimum atomic E-state index is -0.991. The Bertz CT molecular complexity index is 430. The minimum absolute atomic E-state index is 0.0398. The van der Waals surface area contributed by atoms with Gasteiger partial charge in [0.1, 0.15) is 16.5 Å². The molecular formula is C11H13ClN2O2. The topological polar surface area (TPSA) is 62.2 Å². The van der Waals surface area contributed by atoms with Crippen molar-refractivity contribution in [3.05, 3.63) is 22.8 Å². The molecular weight excluding hydrogens is 228 g/mol. The molecule has 1 saturated carbocycles. The van der Waals surface area contributed by atoms with Crippen LogP contribution in [0.25, 0.3) is 0 Å². The summed E-state index contributed by atoms with van der Waals surface area (Å²) in [5, 5.41) is 12.5. The number of anilines is 1. The Morgan fingerprint density at radius 3 is 2.75 bits per heavy atom. The molecule has 0 aromatic carbocycles. The Morgan fingerprint density at radius 2 is 2.25 bits per heavy atom. The summed E-state index contributed by atoms with van der Waals surface area (Å²) in [6.45, 7) is 2.06. The molecule has 5 heteroatoms. The summed E-state index contributed by atoms with van der Waals surface area (Å²) >= 11 is 5.77. The Labute approximate surface area is 98.6 Å². The first kappa shape index (κ1) is 11.2. The number of hydrogen-bond acceptors (Lipinski definition) is 3. The number of halogens is 1. The molecule has 0 unspecified atom stereocenters. The summed E-state index contributed by atoms with van der Waals surface area (Å²) in [4.78, 5) is 15.0. The van der Waals surface area contributed by atoms with E-state index in [4.69, 9.17) is 16.7 Å². The molecule has 86 valence electrons. The van der Waals surface area contributed by atoms with Crippen molar-refractivity contribution in [3.8, 4) is 0 Å². The van der Waals surface area contributed by atoms with Crippen LogP contribution >= 0.6 is 11.6 Å². The summed E-state index contributed by atoms with van der Waals surface area (Å²) in [7, 11) is 0. The van der Waals surface area contributed by atoms with Gasteiger partial charge in [0, 0.05) is 5.54 Å². The van der Waals surface area contributed by atoms with E-state index in [-0.39, 0.29) is 11.1 Å². The highest BCUT2D eigenvalue weighted by Crippen LogP contribution is 2.35. The number of hydrogen-bond donors (Lipinski definition) is 2. The second-order valence-electron chi connectivity index (χ2n) is 4.37. The molecule has 0 aliphatic heterocycles. The highest BCUT2D eigenvalue weighted by molar-refractivity contribution is 6.29. The maximum Gasteiger partial charge on any atom is 0.339 e. The SMILES string of the molecule is CC1(Nc2nc(Cl)ccc2C(=O)O)CCC1. The van der Waals surface area contributed by atoms with E-state index >= 15 is 0 Å². The smallest absolute Gasteiger partial charge is 0.339 e. The second-order valence-corrected chi connectivity index (χ2v) is 4.76. The van der Waals surface area contributed by atoms with Crippen LogP contribution in [0.1, 0.15) is 36.5 Å². The summed E-state index contributed by atoms with van der Waals surface area (Å²) in [6.07, 6.45) is 3.22. The van der Waals surface area contributed by atoms with Crippen molar-refractivity contribution in [1.29, 1.82) is 0 Å². The molecule has 0 spiro atoms. The van der Waals surface area contributed by atoms with Crippen LogP contribution in [-0.2, 0) is 0 Å². The Kier molecular flexibility index (Phi) is 2.76. The van der Waals surface area contributed by atoms with Crippen molar-refractivity contribution < 1.29 is 9.90 Å². The molecule has 1 aromatic heterocycles. The van der Waals surface area contributed by atoms with Crippen LogP contribution in [0.4, 0.5) is 5.82 Å². The maximum absolute atomic E-state index is 11.0. The summed E-state index contributed by atoms with van der Waals surface area (Å²) in [6, 6.07) is 2.96. The summed E-state index contributed by atoms with van der Waals surface area (Å²) < 4.78 is 0. The third kappa shape index (κ3) is 2.11. The first-order valence-electron chi connectivity index (χ1n) is 5.18. The van der Waals surface area contributed by atoms with Gasteiger partial charge in [0.05, 0.1) is 0 Å². The third-order valence-corrected chi connectivity index (χ3v) is 3.18. The summed E-state index contributed by atoms with van der Waals surface area (Å²) in [5.41, 5.74) is 0.125. The van der Waals surface area contributed by atoms with Gasteiger partial charge in [-0.05, 0) is 38.3 Å². The van der Waals surface area contributed by atoms with Crippen molar-refractivity contribution in [2.45, 2.75) is 31.7 Å². The number of carboxylic acid groups (broad SMARTS) is 1. The average molecular weight is 241 g/mol. The van der Waals surface area contributed by atoms with Gasteiger partial charge in [-0.15, -0.1) is 0 Å². The van der Waals surface area contributed by atoms with Gasteiger partial charge in [-0.25, -0.2) is 9.78 Å². The van der Waals surface area contributed by atoms with E-state index in [9.17, 15) is 4.79 Å². The van der Waals surface area contributed by atoms with Gasteiger partial charge in [0.25, 0.3) is 0 Å². The van der Waals surface area contributed by atoms with Gasteiger partial charge in [-0.3, -0.25) is 0 Å². The van der Waals surface area contributed by atoms with Crippen LogP contribution in [0.15, 0.2) is 12.1 Å². The first-order valence-corrected chi connectivity index (χ1v) is 5.56. The fourth-order valence-corrected chi connectivity index (χ4v) is 1.97. The van der Waals surface area contributed by atoms with Crippen molar-refractivity contribution in [2.75, 3.05) is 5.32 Å². The maximum atomic E-state index is 11.0. The number of carbonyl (C=O) groups is 1. The molecule has 1 fully saturated rings. The minimum Gasteiger partial charge on any atom is -0.478 e. The summed E-state index contributed by atoms with van der Waals surface area (Å²) in [5.74, 6) is -0.628. The lowest BCUT2D eigenvalue weighted by Crippen LogP contribution is -2.42. The number of aromatic nitrogens is 1. The van der Waals surface area contributed by atoms with Crippen LogP contribution in [-0.4, -0.2) is 21.6 Å². The number of aromatic carboxylic acids is 1. The van der Waals surface area contributed by atoms with Gasteiger partial charge in [0.15, 0.2) is 0 Å². The second kappa shape index (κ2) is 3.94. The molecule has 1 aliphatic carbocycles. The molecule has 1 aliphatic rings. The van der Waals surface area contributed by atoms with E-state index in [2.05, 4.69) is 17.2 Å². The standard InChI is InChI=1S/C11H13ClN2O2/c1-11(5-2-6-11)14-9-7(10(15)16)3-4-8(12)13-9/h3-4H,2,5-6H2,1H3,(H,13,14)(H,15,16). The van der Waals surface area contributed by atoms with Crippen LogP contribution in [0.2, 0.25) is 5.15 Å². The van der Waals surface area contributed by atoms with Gasteiger partial charge in [0.2, 0.25) is 0 Å². The average Bonchev–Trinajstić information content (AvgIpc) is 2.15. The van der Waals surface area contributed by atoms with Gasteiger partial charge in [-0.1, -0.05) is 11.6 Å². The number of rotatable bonds is 3.